The zero-order chi connectivity index (χ0) is 25.0. The molecule has 7 heteroatoms. The molecule has 4 rings (SSSR count). The van der Waals surface area contributed by atoms with Crippen LogP contribution in [0, 0.1) is 46.3 Å². The van der Waals surface area contributed by atoms with E-state index in [-0.39, 0.29) is 65.1 Å². The molecule has 11 atom stereocenters. The largest absolute Gasteiger partial charge is 0.480 e. The third kappa shape index (κ3) is 4.20. The Kier molecular flexibility index (Phi) is 7.13. The van der Waals surface area contributed by atoms with Crippen LogP contribution in [-0.4, -0.2) is 69.1 Å². The first kappa shape index (κ1) is 25.9. The minimum absolute atomic E-state index is 0.0658. The molecule has 0 aromatic carbocycles. The topological polar surface area (TPSA) is 118 Å². The fourth-order valence-electron chi connectivity index (χ4n) is 9.17. The first-order valence-corrected chi connectivity index (χ1v) is 13.4. The first-order chi connectivity index (χ1) is 15.9. The summed E-state index contributed by atoms with van der Waals surface area (Å²) in [5, 5.41) is 42.2. The number of hydrogen-bond acceptors (Lipinski definition) is 5. The van der Waals surface area contributed by atoms with Gasteiger partial charge in [0, 0.05) is 13.5 Å². The lowest BCUT2D eigenvalue weighted by atomic mass is 9.43. The van der Waals surface area contributed by atoms with Crippen molar-refractivity contribution in [2.75, 3.05) is 13.6 Å². The molecule has 0 spiro atoms. The smallest absolute Gasteiger partial charge is 0.323 e. The van der Waals surface area contributed by atoms with E-state index < -0.39 is 12.1 Å². The average molecular weight is 481 g/mol. The molecule has 4 saturated carbocycles. The third-order valence-electron chi connectivity index (χ3n) is 11.1. The molecule has 0 aromatic rings. The first-order valence-electron chi connectivity index (χ1n) is 13.4. The Balaban J connectivity index is 1.49. The van der Waals surface area contributed by atoms with Crippen molar-refractivity contribution in [3.05, 3.63) is 0 Å². The normalized spacial score (nSPS) is 46.7. The Morgan fingerprint density at radius 1 is 1.03 bits per heavy atom. The summed E-state index contributed by atoms with van der Waals surface area (Å²) in [4.78, 5) is 24.6. The number of carboxylic acid groups (broad SMARTS) is 1. The second kappa shape index (κ2) is 9.36. The Bertz CT molecular complexity index is 789. The van der Waals surface area contributed by atoms with Crippen LogP contribution in [0.4, 0.5) is 0 Å². The van der Waals surface area contributed by atoms with Gasteiger partial charge in [0.15, 0.2) is 0 Å². The van der Waals surface area contributed by atoms with Crippen LogP contribution in [0.25, 0.3) is 0 Å². The van der Waals surface area contributed by atoms with Crippen LogP contribution in [0.3, 0.4) is 0 Å². The van der Waals surface area contributed by atoms with E-state index in [2.05, 4.69) is 20.8 Å². The quantitative estimate of drug-likeness (QED) is 0.434. The van der Waals surface area contributed by atoms with Gasteiger partial charge in [0.1, 0.15) is 6.54 Å². The molecule has 0 heterocycles. The molecule has 0 saturated heterocycles. The predicted octanol–water partition coefficient (Wildman–Crippen LogP) is 2.91. The fraction of sp³-hybridized carbons (Fsp3) is 0.926. The highest BCUT2D eigenvalue weighted by molar-refractivity contribution is 5.80. The van der Waals surface area contributed by atoms with Crippen molar-refractivity contribution in [3.8, 4) is 0 Å². The molecule has 0 bridgehead atoms. The van der Waals surface area contributed by atoms with Gasteiger partial charge in [-0.25, -0.2) is 0 Å². The SMILES string of the molecule is C[C@H](CCC(=O)N([13CH3])CC(=O)O)[C@H]1CCC2C3C(C[C@H](O)[C@@]21C)[C@@]1(C)CC[C@@H](O)CC1C[C@H]3O. The van der Waals surface area contributed by atoms with Gasteiger partial charge in [-0.15, -0.1) is 0 Å². The van der Waals surface area contributed by atoms with E-state index in [1.165, 1.54) is 11.9 Å². The van der Waals surface area contributed by atoms with E-state index in [4.69, 9.17) is 5.11 Å². The van der Waals surface area contributed by atoms with E-state index in [0.717, 1.165) is 38.5 Å². The lowest BCUT2D eigenvalue weighted by Crippen LogP contribution is -2.62. The van der Waals surface area contributed by atoms with Crippen molar-refractivity contribution in [3.63, 3.8) is 0 Å². The number of amides is 1. The molecule has 4 N–H and O–H groups in total. The summed E-state index contributed by atoms with van der Waals surface area (Å²) >= 11 is 0. The van der Waals surface area contributed by atoms with Gasteiger partial charge in [-0.2, -0.15) is 0 Å². The zero-order valence-corrected chi connectivity index (χ0v) is 21.3. The van der Waals surface area contributed by atoms with Gasteiger partial charge < -0.3 is 25.3 Å². The van der Waals surface area contributed by atoms with Crippen LogP contribution in [0.1, 0.15) is 78.6 Å². The van der Waals surface area contributed by atoms with Crippen molar-refractivity contribution in [2.24, 2.45) is 46.3 Å². The minimum atomic E-state index is -1.01. The van der Waals surface area contributed by atoms with Crippen LogP contribution in [-0.2, 0) is 9.59 Å². The molecule has 4 aliphatic rings. The van der Waals surface area contributed by atoms with E-state index in [0.29, 0.717) is 25.2 Å². The van der Waals surface area contributed by atoms with Crippen molar-refractivity contribution in [1.82, 2.24) is 4.90 Å². The Morgan fingerprint density at radius 3 is 2.41 bits per heavy atom. The number of likely N-dealkylation sites (N-methyl/N-ethyl adjacent to an activating group) is 1. The van der Waals surface area contributed by atoms with Crippen LogP contribution in [0.5, 0.6) is 0 Å². The highest BCUT2D eigenvalue weighted by Gasteiger charge is 2.65. The molecule has 194 valence electrons. The summed E-state index contributed by atoms with van der Waals surface area (Å²) in [6, 6.07) is 0. The van der Waals surface area contributed by atoms with Crippen LogP contribution in [0.2, 0.25) is 0 Å². The van der Waals surface area contributed by atoms with E-state index in [9.17, 15) is 24.9 Å². The highest BCUT2D eigenvalue weighted by atomic mass is 16.4. The molecule has 34 heavy (non-hydrogen) atoms. The van der Waals surface area contributed by atoms with Crippen molar-refractivity contribution in [1.29, 1.82) is 0 Å². The Hall–Kier alpha value is -1.18. The Labute approximate surface area is 203 Å². The van der Waals surface area contributed by atoms with Gasteiger partial charge in [-0.3, -0.25) is 9.59 Å². The maximum Gasteiger partial charge on any atom is 0.323 e. The third-order valence-corrected chi connectivity index (χ3v) is 11.1. The van der Waals surface area contributed by atoms with Gasteiger partial charge in [0.05, 0.1) is 18.3 Å². The number of rotatable bonds is 6. The molecular weight excluding hydrogens is 435 g/mol. The summed E-state index contributed by atoms with van der Waals surface area (Å²) in [7, 11) is 1.53. The average Bonchev–Trinajstić information content (AvgIpc) is 3.12. The molecular formula is C27H45NO6. The summed E-state index contributed by atoms with van der Waals surface area (Å²) in [6.45, 7) is 6.44. The molecule has 0 aromatic heterocycles. The van der Waals surface area contributed by atoms with Crippen LogP contribution in [0.15, 0.2) is 0 Å². The number of aliphatic hydroxyl groups is 3. The van der Waals surface area contributed by atoms with Crippen LogP contribution >= 0.6 is 0 Å². The minimum Gasteiger partial charge on any atom is -0.480 e. The number of nitrogens with zero attached hydrogens (tertiary/aromatic N) is 1. The summed E-state index contributed by atoms with van der Waals surface area (Å²) < 4.78 is 0. The van der Waals surface area contributed by atoms with Gasteiger partial charge in [0.25, 0.3) is 0 Å². The van der Waals surface area contributed by atoms with Gasteiger partial charge in [-0.1, -0.05) is 20.8 Å². The summed E-state index contributed by atoms with van der Waals surface area (Å²) in [5.41, 5.74) is -0.217. The van der Waals surface area contributed by atoms with Gasteiger partial charge in [0.2, 0.25) is 5.91 Å². The van der Waals surface area contributed by atoms with Crippen molar-refractivity contribution < 1.29 is 30.0 Å². The number of fused-ring (bicyclic) bond motifs is 5. The molecule has 0 radical (unpaired) electrons. The van der Waals surface area contributed by atoms with Crippen LogP contribution < -0.4 is 0 Å². The van der Waals surface area contributed by atoms with Crippen molar-refractivity contribution >= 4 is 11.9 Å². The molecule has 4 unspecified atom stereocenters. The lowest BCUT2D eigenvalue weighted by Gasteiger charge is -2.63. The molecule has 4 fully saturated rings. The summed E-state index contributed by atoms with van der Waals surface area (Å²) in [5.74, 6) is 0.387. The van der Waals surface area contributed by atoms with E-state index in [1.54, 1.807) is 0 Å². The van der Waals surface area contributed by atoms with E-state index >= 15 is 0 Å². The molecule has 1 amide bonds. The number of carbonyl (C=O) groups is 2. The Morgan fingerprint density at radius 2 is 1.74 bits per heavy atom. The highest BCUT2D eigenvalue weighted by Crippen LogP contribution is 2.68. The second-order valence-corrected chi connectivity index (χ2v) is 12.7. The van der Waals surface area contributed by atoms with E-state index in [1.807, 2.05) is 0 Å². The monoisotopic (exact) mass is 480 g/mol. The fourth-order valence-corrected chi connectivity index (χ4v) is 9.17. The maximum atomic E-state index is 12.4. The molecule has 4 aliphatic carbocycles. The van der Waals surface area contributed by atoms with Gasteiger partial charge >= 0.3 is 5.97 Å². The summed E-state index contributed by atoms with van der Waals surface area (Å²) in [6.07, 6.45) is 5.90. The zero-order valence-electron chi connectivity index (χ0n) is 21.3. The number of carbonyl (C=O) groups excluding carboxylic acids is 1. The standard InChI is InChI=1S/C27H45NO6/c1-15(5-8-23(32)28(4)14-24(33)34)18-6-7-19-25-20(13-22(31)27(18,19)3)26(2)10-9-17(29)11-16(26)12-21(25)30/h15-22,25,29-31H,5-14H2,1-4H3,(H,33,34)/t15-,16?,17-,18-,19?,20?,21-,22+,25?,26+,27-/m1/s1/i4+1. The lowest BCUT2D eigenvalue weighted by molar-refractivity contribution is -0.207. The number of hydrogen-bond donors (Lipinski definition) is 4. The molecule has 0 aliphatic heterocycles. The maximum absolute atomic E-state index is 12.4. The second-order valence-electron chi connectivity index (χ2n) is 12.7. The molecule has 7 nitrogen and oxygen atoms in total. The van der Waals surface area contributed by atoms with Crippen molar-refractivity contribution in [2.45, 2.75) is 96.9 Å². The number of aliphatic carboxylic acids is 1. The predicted molar refractivity (Wildman–Crippen MR) is 128 cm³/mol. The van der Waals surface area contributed by atoms with Gasteiger partial charge in [-0.05, 0) is 97.7 Å². The number of aliphatic hydroxyl groups excluding tert-OH is 3. The number of carboxylic acids is 1.